The van der Waals surface area contributed by atoms with E-state index in [0.717, 1.165) is 31.1 Å². The van der Waals surface area contributed by atoms with E-state index in [2.05, 4.69) is 4.90 Å². The maximum atomic E-state index is 12.1. The number of rotatable bonds is 4. The zero-order valence-electron chi connectivity index (χ0n) is 10.7. The predicted molar refractivity (Wildman–Crippen MR) is 72.7 cm³/mol. The topological polar surface area (TPSA) is 43.8 Å². The fourth-order valence-corrected chi connectivity index (χ4v) is 2.92. The van der Waals surface area contributed by atoms with Crippen molar-refractivity contribution in [1.29, 1.82) is 0 Å². The molecule has 1 atom stereocenters. The maximum Gasteiger partial charge on any atom is 0.227 e. The predicted octanol–water partition coefficient (Wildman–Crippen LogP) is 0.816. The zero-order valence-corrected chi connectivity index (χ0v) is 11.5. The van der Waals surface area contributed by atoms with Crippen LogP contribution in [0, 0.1) is 0 Å². The van der Waals surface area contributed by atoms with Gasteiger partial charge in [0.15, 0.2) is 0 Å². The summed E-state index contributed by atoms with van der Waals surface area (Å²) in [5.74, 6) is 0.217. The summed E-state index contributed by atoms with van der Waals surface area (Å²) in [7, 11) is 0. The molecule has 1 N–H and O–H groups in total. The van der Waals surface area contributed by atoms with Crippen molar-refractivity contribution < 1.29 is 9.90 Å². The second-order valence-electron chi connectivity index (χ2n) is 4.79. The average molecular weight is 268 g/mol. The van der Waals surface area contributed by atoms with Gasteiger partial charge in [0.05, 0.1) is 12.5 Å². The first kappa shape index (κ1) is 13.5. The van der Waals surface area contributed by atoms with Crippen LogP contribution >= 0.6 is 11.3 Å². The Morgan fingerprint density at radius 2 is 2.17 bits per heavy atom. The molecule has 1 unspecified atom stereocenters. The maximum absolute atomic E-state index is 12.1. The molecule has 1 aliphatic rings. The van der Waals surface area contributed by atoms with Crippen molar-refractivity contribution in [3.63, 3.8) is 0 Å². The van der Waals surface area contributed by atoms with Gasteiger partial charge in [0, 0.05) is 37.6 Å². The first-order valence-corrected chi connectivity index (χ1v) is 7.23. The normalized spacial score (nSPS) is 18.9. The Hall–Kier alpha value is -0.910. The van der Waals surface area contributed by atoms with Crippen LogP contribution in [0.5, 0.6) is 0 Å². The average Bonchev–Trinajstić information content (AvgIpc) is 2.82. The number of hydrogen-bond acceptors (Lipinski definition) is 4. The number of thiophene rings is 1. The van der Waals surface area contributed by atoms with Crippen LogP contribution in [0.2, 0.25) is 0 Å². The van der Waals surface area contributed by atoms with Crippen LogP contribution in [0.1, 0.15) is 11.8 Å². The smallest absolute Gasteiger partial charge is 0.227 e. The van der Waals surface area contributed by atoms with E-state index >= 15 is 0 Å². The SMILES string of the molecule is CC(O)CN1CCN(C(=O)Cc2cccs2)CC1. The van der Waals surface area contributed by atoms with Gasteiger partial charge >= 0.3 is 0 Å². The van der Waals surface area contributed by atoms with Crippen LogP contribution in [0.25, 0.3) is 0 Å². The lowest BCUT2D eigenvalue weighted by Crippen LogP contribution is -2.50. The Morgan fingerprint density at radius 3 is 2.72 bits per heavy atom. The van der Waals surface area contributed by atoms with Crippen molar-refractivity contribution >= 4 is 17.2 Å². The summed E-state index contributed by atoms with van der Waals surface area (Å²) < 4.78 is 0. The summed E-state index contributed by atoms with van der Waals surface area (Å²) >= 11 is 1.63. The summed E-state index contributed by atoms with van der Waals surface area (Å²) in [5, 5.41) is 11.3. The number of piperazine rings is 1. The lowest BCUT2D eigenvalue weighted by Gasteiger charge is -2.35. The van der Waals surface area contributed by atoms with E-state index in [4.69, 9.17) is 0 Å². The third-order valence-corrected chi connectivity index (χ3v) is 4.03. The van der Waals surface area contributed by atoms with Crippen LogP contribution in [0.3, 0.4) is 0 Å². The van der Waals surface area contributed by atoms with Crippen molar-refractivity contribution in [2.75, 3.05) is 32.7 Å². The highest BCUT2D eigenvalue weighted by atomic mass is 32.1. The summed E-state index contributed by atoms with van der Waals surface area (Å²) in [6.07, 6.45) is 0.229. The van der Waals surface area contributed by atoms with E-state index in [1.165, 1.54) is 0 Å². The van der Waals surface area contributed by atoms with E-state index < -0.39 is 0 Å². The highest BCUT2D eigenvalue weighted by molar-refractivity contribution is 7.10. The first-order chi connectivity index (χ1) is 8.65. The molecule has 0 saturated carbocycles. The highest BCUT2D eigenvalue weighted by Gasteiger charge is 2.21. The molecule has 2 heterocycles. The Morgan fingerprint density at radius 1 is 1.44 bits per heavy atom. The molecule has 4 nitrogen and oxygen atoms in total. The number of aliphatic hydroxyl groups excluding tert-OH is 1. The van der Waals surface area contributed by atoms with Gasteiger partial charge in [-0.2, -0.15) is 0 Å². The van der Waals surface area contributed by atoms with Crippen molar-refractivity contribution in [2.45, 2.75) is 19.4 Å². The Kier molecular flexibility index (Phi) is 4.74. The van der Waals surface area contributed by atoms with Crippen LogP contribution in [-0.4, -0.2) is 59.6 Å². The monoisotopic (exact) mass is 268 g/mol. The standard InChI is InChI=1S/C13H20N2O2S/c1-11(16)10-14-4-6-15(7-5-14)13(17)9-12-3-2-8-18-12/h2-3,8,11,16H,4-7,9-10H2,1H3. The minimum absolute atomic E-state index is 0.217. The molecule has 1 aromatic rings. The molecule has 2 rings (SSSR count). The Bertz CT molecular complexity index is 370. The van der Waals surface area contributed by atoms with Crippen LogP contribution in [-0.2, 0) is 11.2 Å². The van der Waals surface area contributed by atoms with Gasteiger partial charge in [-0.15, -0.1) is 11.3 Å². The minimum Gasteiger partial charge on any atom is -0.392 e. The Balaban J connectivity index is 1.77. The molecule has 1 aliphatic heterocycles. The highest BCUT2D eigenvalue weighted by Crippen LogP contribution is 2.12. The van der Waals surface area contributed by atoms with Gasteiger partial charge in [-0.3, -0.25) is 9.69 Å². The molecule has 1 saturated heterocycles. The number of β-amino-alcohol motifs (C(OH)–C–C–N with tert-alkyl or cyclic N) is 1. The van der Waals surface area contributed by atoms with Gasteiger partial charge in [-0.1, -0.05) is 6.07 Å². The van der Waals surface area contributed by atoms with Crippen molar-refractivity contribution in [3.05, 3.63) is 22.4 Å². The number of amides is 1. The molecule has 100 valence electrons. The third kappa shape index (κ3) is 3.80. The van der Waals surface area contributed by atoms with Gasteiger partial charge in [0.2, 0.25) is 5.91 Å². The summed E-state index contributed by atoms with van der Waals surface area (Å²) in [6, 6.07) is 3.99. The van der Waals surface area contributed by atoms with E-state index in [-0.39, 0.29) is 12.0 Å². The molecule has 0 bridgehead atoms. The number of carbonyl (C=O) groups excluding carboxylic acids is 1. The molecule has 0 radical (unpaired) electrons. The van der Waals surface area contributed by atoms with E-state index in [9.17, 15) is 9.90 Å². The summed E-state index contributed by atoms with van der Waals surface area (Å²) in [4.78, 5) is 17.3. The molecular weight excluding hydrogens is 248 g/mol. The fraction of sp³-hybridized carbons (Fsp3) is 0.615. The zero-order chi connectivity index (χ0) is 13.0. The molecule has 0 aliphatic carbocycles. The number of carbonyl (C=O) groups is 1. The van der Waals surface area contributed by atoms with Gasteiger partial charge in [0.1, 0.15) is 0 Å². The molecule has 18 heavy (non-hydrogen) atoms. The number of aliphatic hydroxyl groups is 1. The van der Waals surface area contributed by atoms with Crippen molar-refractivity contribution in [2.24, 2.45) is 0 Å². The van der Waals surface area contributed by atoms with Gasteiger partial charge in [-0.05, 0) is 18.4 Å². The molecule has 1 fully saturated rings. The first-order valence-electron chi connectivity index (χ1n) is 6.35. The van der Waals surface area contributed by atoms with Crippen molar-refractivity contribution in [3.8, 4) is 0 Å². The number of hydrogen-bond donors (Lipinski definition) is 1. The summed E-state index contributed by atoms with van der Waals surface area (Å²) in [6.45, 7) is 5.78. The lowest BCUT2D eigenvalue weighted by atomic mass is 10.2. The quantitative estimate of drug-likeness (QED) is 0.879. The third-order valence-electron chi connectivity index (χ3n) is 3.15. The molecule has 1 aromatic heterocycles. The fourth-order valence-electron chi connectivity index (χ4n) is 2.23. The number of nitrogens with zero attached hydrogens (tertiary/aromatic N) is 2. The lowest BCUT2D eigenvalue weighted by molar-refractivity contribution is -0.132. The van der Waals surface area contributed by atoms with E-state index in [0.29, 0.717) is 13.0 Å². The second kappa shape index (κ2) is 6.31. The second-order valence-corrected chi connectivity index (χ2v) is 5.82. The van der Waals surface area contributed by atoms with Crippen molar-refractivity contribution in [1.82, 2.24) is 9.80 Å². The van der Waals surface area contributed by atoms with E-state index in [1.54, 1.807) is 18.3 Å². The molecule has 5 heteroatoms. The summed E-state index contributed by atoms with van der Waals surface area (Å²) in [5.41, 5.74) is 0. The van der Waals surface area contributed by atoms with Gasteiger partial charge in [0.25, 0.3) is 0 Å². The molecule has 0 aromatic carbocycles. The van der Waals surface area contributed by atoms with Crippen LogP contribution < -0.4 is 0 Å². The van der Waals surface area contributed by atoms with Gasteiger partial charge in [-0.25, -0.2) is 0 Å². The largest absolute Gasteiger partial charge is 0.392 e. The molecular formula is C13H20N2O2S. The Labute approximate surface area is 112 Å². The van der Waals surface area contributed by atoms with E-state index in [1.807, 2.05) is 22.4 Å². The molecule has 1 amide bonds. The minimum atomic E-state index is -0.293. The molecule has 0 spiro atoms. The van der Waals surface area contributed by atoms with Crippen LogP contribution in [0.4, 0.5) is 0 Å². The van der Waals surface area contributed by atoms with Crippen LogP contribution in [0.15, 0.2) is 17.5 Å². The van der Waals surface area contributed by atoms with Gasteiger partial charge < -0.3 is 10.0 Å².